The summed E-state index contributed by atoms with van der Waals surface area (Å²) < 4.78 is 0. The van der Waals surface area contributed by atoms with Crippen LogP contribution in [0.5, 0.6) is 0 Å². The number of hydrogen-bond donors (Lipinski definition) is 1. The van der Waals surface area contributed by atoms with Gasteiger partial charge in [-0.05, 0) is 29.2 Å². The minimum absolute atomic E-state index is 0.146. The van der Waals surface area contributed by atoms with E-state index in [1.54, 1.807) is 0 Å². The molecule has 0 fully saturated rings. The van der Waals surface area contributed by atoms with Crippen molar-refractivity contribution >= 4 is 28.7 Å². The summed E-state index contributed by atoms with van der Waals surface area (Å²) in [7, 11) is 0. The molecule has 0 aliphatic carbocycles. The maximum absolute atomic E-state index is 10.9. The van der Waals surface area contributed by atoms with Crippen LogP contribution in [0.1, 0.15) is 0 Å². The lowest BCUT2D eigenvalue weighted by atomic mass is 10.3. The van der Waals surface area contributed by atoms with Gasteiger partial charge in [0.05, 0.1) is 20.6 Å². The first-order chi connectivity index (χ1) is 12.4. The van der Waals surface area contributed by atoms with Crippen molar-refractivity contribution in [2.75, 3.05) is 5.43 Å². The molecule has 0 aliphatic heterocycles. The van der Waals surface area contributed by atoms with Gasteiger partial charge in [-0.1, -0.05) is 5.11 Å². The molecule has 0 radical (unpaired) electrons. The summed E-state index contributed by atoms with van der Waals surface area (Å²) in [5.41, 5.74) is 2.44. The standard InChI is InChI=1S/C13H9N7O6/c21-18(22)11-5-1-9(2-6-11)14-16-13(20(25)26)17-15-10-3-7-12(8-4-10)19(23)24/h1-8,14H/b16-13+,17-15?. The third-order valence-corrected chi connectivity index (χ3v) is 2.84. The van der Waals surface area contributed by atoms with Crippen LogP contribution in [0.4, 0.5) is 22.7 Å². The summed E-state index contributed by atoms with van der Waals surface area (Å²) >= 11 is 0. The minimum Gasteiger partial charge on any atom is -0.390 e. The fourth-order valence-electron chi connectivity index (χ4n) is 1.62. The number of azo groups is 1. The van der Waals surface area contributed by atoms with Gasteiger partial charge in [-0.2, -0.15) is 0 Å². The summed E-state index contributed by atoms with van der Waals surface area (Å²) in [5, 5.41) is 42.4. The van der Waals surface area contributed by atoms with Gasteiger partial charge < -0.3 is 10.1 Å². The Morgan fingerprint density at radius 2 is 1.31 bits per heavy atom. The van der Waals surface area contributed by atoms with Crippen molar-refractivity contribution < 1.29 is 14.8 Å². The van der Waals surface area contributed by atoms with Gasteiger partial charge in [0, 0.05) is 29.4 Å². The topological polar surface area (TPSA) is 179 Å². The Balaban J connectivity index is 2.12. The van der Waals surface area contributed by atoms with Gasteiger partial charge in [-0.3, -0.25) is 20.2 Å². The van der Waals surface area contributed by atoms with E-state index in [0.717, 1.165) is 0 Å². The van der Waals surface area contributed by atoms with Crippen LogP contribution in [0.3, 0.4) is 0 Å². The van der Waals surface area contributed by atoms with E-state index in [9.17, 15) is 30.3 Å². The molecular formula is C13H9N7O6. The van der Waals surface area contributed by atoms with Gasteiger partial charge in [0.2, 0.25) is 0 Å². The molecule has 0 amide bonds. The van der Waals surface area contributed by atoms with Crippen LogP contribution in [-0.2, 0) is 0 Å². The molecule has 13 heteroatoms. The molecular weight excluding hydrogens is 350 g/mol. The normalized spacial score (nSPS) is 11.3. The first kappa shape index (κ1) is 18.1. The van der Waals surface area contributed by atoms with Crippen LogP contribution < -0.4 is 5.43 Å². The van der Waals surface area contributed by atoms with E-state index >= 15 is 0 Å². The van der Waals surface area contributed by atoms with E-state index in [2.05, 4.69) is 20.8 Å². The Morgan fingerprint density at radius 3 is 1.77 bits per heavy atom. The monoisotopic (exact) mass is 359 g/mol. The highest BCUT2D eigenvalue weighted by molar-refractivity contribution is 5.73. The highest BCUT2D eigenvalue weighted by Crippen LogP contribution is 2.18. The average molecular weight is 359 g/mol. The molecule has 1 N–H and O–H groups in total. The number of nitro benzene ring substituents is 2. The Hall–Kier alpha value is -4.29. The molecule has 26 heavy (non-hydrogen) atoms. The Bertz CT molecular complexity index is 892. The molecule has 0 unspecified atom stereocenters. The molecule has 0 saturated carbocycles. The van der Waals surface area contributed by atoms with Crippen molar-refractivity contribution in [3.8, 4) is 0 Å². The van der Waals surface area contributed by atoms with Crippen LogP contribution in [0.2, 0.25) is 0 Å². The van der Waals surface area contributed by atoms with E-state index in [4.69, 9.17) is 0 Å². The van der Waals surface area contributed by atoms with Crippen LogP contribution >= 0.6 is 0 Å². The molecule has 2 aromatic carbocycles. The van der Waals surface area contributed by atoms with Gasteiger partial charge in [0.15, 0.2) is 0 Å². The number of nitrogens with zero attached hydrogens (tertiary/aromatic N) is 6. The maximum atomic E-state index is 10.9. The number of hydrogen-bond acceptors (Lipinski definition) is 9. The largest absolute Gasteiger partial charge is 0.511 e. The van der Waals surface area contributed by atoms with Crippen molar-refractivity contribution in [1.82, 2.24) is 0 Å². The summed E-state index contributed by atoms with van der Waals surface area (Å²) in [6.07, 6.45) is 0. The molecule has 0 spiro atoms. The molecule has 0 saturated heterocycles. The SMILES string of the molecule is O=[N+]([O-])/C(N=Nc1ccc([N+](=O)[O-])cc1)=N/Nc1ccc([N+](=O)[O-])cc1. The molecule has 0 aliphatic rings. The zero-order valence-corrected chi connectivity index (χ0v) is 12.8. The Morgan fingerprint density at radius 1 is 0.808 bits per heavy atom. The van der Waals surface area contributed by atoms with Gasteiger partial charge in [0.25, 0.3) is 11.4 Å². The predicted molar refractivity (Wildman–Crippen MR) is 88.8 cm³/mol. The maximum Gasteiger partial charge on any atom is 0.511 e. The highest BCUT2D eigenvalue weighted by atomic mass is 16.6. The Labute approximate surface area is 144 Å². The number of rotatable bonds is 5. The number of anilines is 1. The minimum atomic E-state index is -0.896. The molecule has 0 aromatic heterocycles. The summed E-state index contributed by atoms with van der Waals surface area (Å²) in [4.78, 5) is 29.9. The smallest absolute Gasteiger partial charge is 0.390 e. The van der Waals surface area contributed by atoms with Crippen LogP contribution in [0, 0.1) is 30.3 Å². The predicted octanol–water partition coefficient (Wildman–Crippen LogP) is 3.25. The van der Waals surface area contributed by atoms with Gasteiger partial charge in [-0.15, -0.1) is 0 Å². The third-order valence-electron chi connectivity index (χ3n) is 2.84. The van der Waals surface area contributed by atoms with Crippen molar-refractivity contribution in [1.29, 1.82) is 0 Å². The summed E-state index contributed by atoms with van der Waals surface area (Å²) in [6.45, 7) is 0. The van der Waals surface area contributed by atoms with Crippen LogP contribution in [0.15, 0.2) is 63.9 Å². The first-order valence-corrected chi connectivity index (χ1v) is 6.75. The van der Waals surface area contributed by atoms with Crippen LogP contribution in [0.25, 0.3) is 0 Å². The lowest BCUT2D eigenvalue weighted by Gasteiger charge is -1.96. The van der Waals surface area contributed by atoms with E-state index in [0.29, 0.717) is 0 Å². The molecule has 0 bridgehead atoms. The van der Waals surface area contributed by atoms with Crippen molar-refractivity contribution in [2.24, 2.45) is 15.3 Å². The number of non-ortho nitro benzene ring substituents is 2. The molecule has 13 nitrogen and oxygen atoms in total. The van der Waals surface area contributed by atoms with Gasteiger partial charge >= 0.3 is 5.96 Å². The molecule has 0 heterocycles. The molecule has 132 valence electrons. The third kappa shape index (κ3) is 4.85. The van der Waals surface area contributed by atoms with E-state index in [1.165, 1.54) is 48.5 Å². The fraction of sp³-hybridized carbons (Fsp3) is 0. The summed E-state index contributed by atoms with van der Waals surface area (Å²) in [5.74, 6) is -0.873. The Kier molecular flexibility index (Phi) is 5.56. The number of benzene rings is 2. The second kappa shape index (κ2) is 8.00. The average Bonchev–Trinajstić information content (AvgIpc) is 2.62. The number of guanidine groups is 1. The fourth-order valence-corrected chi connectivity index (χ4v) is 1.62. The zero-order valence-electron chi connectivity index (χ0n) is 12.8. The molecule has 2 aromatic rings. The molecule has 0 atom stereocenters. The second-order valence-electron chi connectivity index (χ2n) is 4.56. The van der Waals surface area contributed by atoms with Crippen molar-refractivity contribution in [2.45, 2.75) is 0 Å². The number of nitrogens with one attached hydrogen (secondary N) is 1. The quantitative estimate of drug-likeness (QED) is 0.279. The first-order valence-electron chi connectivity index (χ1n) is 6.75. The number of nitro groups is 3. The van der Waals surface area contributed by atoms with E-state index in [1.807, 2.05) is 0 Å². The second-order valence-corrected chi connectivity index (χ2v) is 4.56. The molecule has 2 rings (SSSR count). The van der Waals surface area contributed by atoms with Crippen molar-refractivity contribution in [3.05, 3.63) is 78.9 Å². The van der Waals surface area contributed by atoms with Gasteiger partial charge in [-0.25, -0.2) is 5.43 Å². The summed E-state index contributed by atoms with van der Waals surface area (Å²) in [6, 6.07) is 9.90. The lowest BCUT2D eigenvalue weighted by Crippen LogP contribution is -2.10. The van der Waals surface area contributed by atoms with E-state index < -0.39 is 20.7 Å². The van der Waals surface area contributed by atoms with E-state index in [-0.39, 0.29) is 22.7 Å². The lowest BCUT2D eigenvalue weighted by molar-refractivity contribution is -0.385. The van der Waals surface area contributed by atoms with Gasteiger partial charge in [0.1, 0.15) is 5.69 Å². The highest BCUT2D eigenvalue weighted by Gasteiger charge is 2.13. The number of hydrazone groups is 1. The van der Waals surface area contributed by atoms with Crippen LogP contribution in [-0.4, -0.2) is 20.7 Å². The zero-order chi connectivity index (χ0) is 19.1. The van der Waals surface area contributed by atoms with Crippen molar-refractivity contribution in [3.63, 3.8) is 0 Å².